The Hall–Kier alpha value is -3.12. The molecule has 1 N–H and O–H groups in total. The van der Waals surface area contributed by atoms with E-state index < -0.39 is 0 Å². The monoisotopic (exact) mass is 460 g/mol. The molecule has 150 valence electrons. The van der Waals surface area contributed by atoms with Crippen LogP contribution in [0.4, 0.5) is 5.69 Å². The summed E-state index contributed by atoms with van der Waals surface area (Å²) in [4.78, 5) is 25.2. The van der Waals surface area contributed by atoms with Gasteiger partial charge in [0.1, 0.15) is 0 Å². The lowest BCUT2D eigenvalue weighted by molar-refractivity contribution is 0.0753. The van der Waals surface area contributed by atoms with Crippen LogP contribution in [-0.2, 0) is 13.1 Å². The van der Waals surface area contributed by atoms with Gasteiger partial charge in [0.25, 0.3) is 5.91 Å². The van der Waals surface area contributed by atoms with Crippen LogP contribution in [0.5, 0.6) is 0 Å². The summed E-state index contributed by atoms with van der Waals surface area (Å²) < 4.78 is 1.01. The maximum atomic E-state index is 13.6. The number of aromatic nitrogens is 2. The molecule has 1 amide bonds. The van der Waals surface area contributed by atoms with E-state index in [0.717, 1.165) is 44.3 Å². The molecule has 0 unspecified atom stereocenters. The van der Waals surface area contributed by atoms with E-state index >= 15 is 0 Å². The molecule has 2 heterocycles. The fourth-order valence-corrected chi connectivity index (χ4v) is 4.54. The van der Waals surface area contributed by atoms with Crippen molar-refractivity contribution in [2.24, 2.45) is 0 Å². The number of fused-ring (bicyclic) bond motifs is 2. The molecule has 4 aromatic rings. The van der Waals surface area contributed by atoms with Gasteiger partial charge in [-0.1, -0.05) is 52.3 Å². The van der Waals surface area contributed by atoms with Crippen LogP contribution in [-0.4, -0.2) is 33.9 Å². The number of anilines is 1. The maximum Gasteiger partial charge on any atom is 0.254 e. The predicted octanol–water partition coefficient (Wildman–Crippen LogP) is 4.99. The summed E-state index contributed by atoms with van der Waals surface area (Å²) in [5, 5.41) is 2.08. The third-order valence-corrected chi connectivity index (χ3v) is 6.09. The second kappa shape index (κ2) is 7.95. The molecule has 1 aromatic heterocycles. The molecule has 30 heavy (non-hydrogen) atoms. The number of nitrogens with one attached hydrogen (secondary N) is 1. The van der Waals surface area contributed by atoms with E-state index in [0.29, 0.717) is 19.6 Å². The number of halogens is 1. The zero-order valence-corrected chi connectivity index (χ0v) is 18.0. The van der Waals surface area contributed by atoms with Gasteiger partial charge in [0.05, 0.1) is 18.6 Å². The number of benzene rings is 3. The number of amides is 1. The number of nitrogens with zero attached hydrogens (tertiary/aromatic N) is 3. The van der Waals surface area contributed by atoms with Crippen molar-refractivity contribution < 1.29 is 4.79 Å². The first-order valence-electron chi connectivity index (χ1n) is 9.97. The van der Waals surface area contributed by atoms with Crippen LogP contribution in [0.3, 0.4) is 0 Å². The van der Waals surface area contributed by atoms with Crippen molar-refractivity contribution in [3.63, 3.8) is 0 Å². The smallest absolute Gasteiger partial charge is 0.254 e. The molecule has 0 bridgehead atoms. The summed E-state index contributed by atoms with van der Waals surface area (Å²) in [6.07, 6.45) is 3.62. The fraction of sp³-hybridized carbons (Fsp3) is 0.167. The van der Waals surface area contributed by atoms with Crippen molar-refractivity contribution in [3.8, 4) is 0 Å². The van der Waals surface area contributed by atoms with E-state index in [-0.39, 0.29) is 5.91 Å². The van der Waals surface area contributed by atoms with E-state index in [2.05, 4.69) is 49.0 Å². The topological polar surface area (TPSA) is 52.2 Å². The third-order valence-electron chi connectivity index (χ3n) is 5.60. The average molecular weight is 461 g/mol. The van der Waals surface area contributed by atoms with Crippen LogP contribution in [0.2, 0.25) is 0 Å². The van der Waals surface area contributed by atoms with Gasteiger partial charge in [-0.25, -0.2) is 4.98 Å². The van der Waals surface area contributed by atoms with Gasteiger partial charge in [0, 0.05) is 41.6 Å². The summed E-state index contributed by atoms with van der Waals surface area (Å²) in [5.41, 5.74) is 4.02. The number of carbonyl (C=O) groups is 1. The Morgan fingerprint density at radius 1 is 1.07 bits per heavy atom. The molecule has 0 aliphatic carbocycles. The van der Waals surface area contributed by atoms with Crippen molar-refractivity contribution in [3.05, 3.63) is 94.5 Å². The van der Waals surface area contributed by atoms with Crippen LogP contribution >= 0.6 is 15.9 Å². The lowest BCUT2D eigenvalue weighted by atomic mass is 10.0. The number of hydrogen-bond donors (Lipinski definition) is 1. The molecule has 0 spiro atoms. The lowest BCUT2D eigenvalue weighted by Crippen LogP contribution is -2.35. The molecule has 0 saturated heterocycles. The Morgan fingerprint density at radius 2 is 1.93 bits per heavy atom. The van der Waals surface area contributed by atoms with Gasteiger partial charge in [-0.2, -0.15) is 0 Å². The number of rotatable bonds is 3. The molecule has 5 nitrogen and oxygen atoms in total. The molecule has 5 rings (SSSR count). The average Bonchev–Trinajstić information content (AvgIpc) is 3.21. The minimum atomic E-state index is 0.0688. The summed E-state index contributed by atoms with van der Waals surface area (Å²) in [6, 6.07) is 20.3. The lowest BCUT2D eigenvalue weighted by Gasteiger charge is -2.24. The molecule has 0 saturated carbocycles. The van der Waals surface area contributed by atoms with Crippen molar-refractivity contribution in [1.29, 1.82) is 0 Å². The number of carbonyl (C=O) groups excluding carboxylic acids is 1. The molecular weight excluding hydrogens is 440 g/mol. The van der Waals surface area contributed by atoms with Gasteiger partial charge >= 0.3 is 0 Å². The Morgan fingerprint density at radius 3 is 2.80 bits per heavy atom. The molecule has 1 aliphatic heterocycles. The van der Waals surface area contributed by atoms with Gasteiger partial charge in [0.15, 0.2) is 0 Å². The first-order valence-corrected chi connectivity index (χ1v) is 10.8. The largest absolute Gasteiger partial charge is 0.364 e. The molecule has 0 atom stereocenters. The second-order valence-electron chi connectivity index (χ2n) is 7.51. The first-order chi connectivity index (χ1) is 14.7. The number of imidazole rings is 1. The second-order valence-corrected chi connectivity index (χ2v) is 8.42. The van der Waals surface area contributed by atoms with Gasteiger partial charge < -0.3 is 14.8 Å². The number of aromatic amines is 1. The summed E-state index contributed by atoms with van der Waals surface area (Å²) in [5.74, 6) is 0.0688. The molecular formula is C24H21BrN4O. The van der Waals surface area contributed by atoms with Crippen LogP contribution in [0, 0.1) is 0 Å². The van der Waals surface area contributed by atoms with Crippen molar-refractivity contribution >= 4 is 38.3 Å². The SMILES string of the molecule is O=C(c1cccc2ccccc12)N1CCN(Cc2c[nH]cn2)c2ccc(Br)cc2C1. The highest BCUT2D eigenvalue weighted by Gasteiger charge is 2.25. The zero-order valence-electron chi connectivity index (χ0n) is 16.4. The molecule has 0 radical (unpaired) electrons. The number of H-pyrrole nitrogens is 1. The third kappa shape index (κ3) is 3.59. The van der Waals surface area contributed by atoms with E-state index in [1.54, 1.807) is 6.33 Å². The van der Waals surface area contributed by atoms with Crippen LogP contribution in [0.15, 0.2) is 77.7 Å². The Bertz CT molecular complexity index is 1200. The minimum Gasteiger partial charge on any atom is -0.364 e. The minimum absolute atomic E-state index is 0.0688. The Labute approximate surface area is 183 Å². The van der Waals surface area contributed by atoms with E-state index in [1.807, 2.05) is 53.6 Å². The first kappa shape index (κ1) is 18.9. The molecule has 6 heteroatoms. The number of hydrogen-bond acceptors (Lipinski definition) is 3. The molecule has 0 fully saturated rings. The predicted molar refractivity (Wildman–Crippen MR) is 122 cm³/mol. The van der Waals surface area contributed by atoms with Crippen LogP contribution in [0.1, 0.15) is 21.6 Å². The van der Waals surface area contributed by atoms with Gasteiger partial charge in [-0.05, 0) is 40.6 Å². The maximum absolute atomic E-state index is 13.6. The van der Waals surface area contributed by atoms with E-state index in [4.69, 9.17) is 0 Å². The summed E-state index contributed by atoms with van der Waals surface area (Å²) in [6.45, 7) is 2.68. The van der Waals surface area contributed by atoms with Crippen molar-refractivity contribution in [2.75, 3.05) is 18.0 Å². The Kier molecular flexibility index (Phi) is 5.01. The van der Waals surface area contributed by atoms with Gasteiger partial charge in [-0.3, -0.25) is 4.79 Å². The van der Waals surface area contributed by atoms with Crippen LogP contribution < -0.4 is 4.90 Å². The Balaban J connectivity index is 1.50. The van der Waals surface area contributed by atoms with E-state index in [1.165, 1.54) is 0 Å². The zero-order chi connectivity index (χ0) is 20.5. The van der Waals surface area contributed by atoms with Gasteiger partial charge in [-0.15, -0.1) is 0 Å². The summed E-state index contributed by atoms with van der Waals surface area (Å²) in [7, 11) is 0. The standard InChI is InChI=1S/C24H21BrN4O/c25-19-8-9-23-18(12-19)14-29(11-10-28(23)15-20-13-26-16-27-20)24(30)22-7-3-5-17-4-1-2-6-21(17)22/h1-9,12-13,16H,10-11,14-15H2,(H,26,27). The van der Waals surface area contributed by atoms with E-state index in [9.17, 15) is 4.79 Å². The highest BCUT2D eigenvalue weighted by atomic mass is 79.9. The molecule has 3 aromatic carbocycles. The fourth-order valence-electron chi connectivity index (χ4n) is 4.13. The van der Waals surface area contributed by atoms with Crippen molar-refractivity contribution in [1.82, 2.24) is 14.9 Å². The highest BCUT2D eigenvalue weighted by Crippen LogP contribution is 2.30. The van der Waals surface area contributed by atoms with Gasteiger partial charge in [0.2, 0.25) is 0 Å². The summed E-state index contributed by atoms with van der Waals surface area (Å²) >= 11 is 3.59. The normalized spacial score (nSPS) is 13.9. The highest BCUT2D eigenvalue weighted by molar-refractivity contribution is 9.10. The molecule has 1 aliphatic rings. The van der Waals surface area contributed by atoms with Crippen LogP contribution in [0.25, 0.3) is 10.8 Å². The quantitative estimate of drug-likeness (QED) is 0.468. The van der Waals surface area contributed by atoms with Crippen molar-refractivity contribution in [2.45, 2.75) is 13.1 Å².